The summed E-state index contributed by atoms with van der Waals surface area (Å²) in [7, 11) is 1.65. The van der Waals surface area contributed by atoms with Gasteiger partial charge in [-0.1, -0.05) is 12.1 Å². The molecule has 2 aromatic heterocycles. The first kappa shape index (κ1) is 16.0. The number of hydrogen-bond acceptors (Lipinski definition) is 5. The quantitative estimate of drug-likeness (QED) is 0.689. The first-order chi connectivity index (χ1) is 11.7. The molecule has 0 saturated carbocycles. The van der Waals surface area contributed by atoms with E-state index in [4.69, 9.17) is 9.15 Å². The molecule has 0 aliphatic rings. The zero-order valence-corrected chi connectivity index (χ0v) is 13.9. The van der Waals surface area contributed by atoms with Gasteiger partial charge in [0.2, 0.25) is 5.91 Å². The Bertz CT molecular complexity index is 820. The van der Waals surface area contributed by atoms with Crippen molar-refractivity contribution in [3.05, 3.63) is 71.1 Å². The Hall–Kier alpha value is -2.86. The monoisotopic (exact) mass is 340 g/mol. The summed E-state index contributed by atoms with van der Waals surface area (Å²) >= 11 is 1.46. The Labute approximate surface area is 143 Å². The summed E-state index contributed by atoms with van der Waals surface area (Å²) in [6, 6.07) is 11.4. The lowest BCUT2D eigenvalue weighted by molar-refractivity contribution is -0.111. The van der Waals surface area contributed by atoms with Crippen molar-refractivity contribution in [1.29, 1.82) is 0 Å². The van der Waals surface area contributed by atoms with Crippen molar-refractivity contribution in [3.8, 4) is 5.75 Å². The van der Waals surface area contributed by atoms with Crippen LogP contribution in [0.1, 0.15) is 16.2 Å². The zero-order valence-electron chi connectivity index (χ0n) is 13.1. The van der Waals surface area contributed by atoms with Crippen LogP contribution in [0, 0.1) is 0 Å². The number of thiazole rings is 1. The van der Waals surface area contributed by atoms with E-state index in [1.807, 2.05) is 24.3 Å². The molecule has 0 saturated heterocycles. The van der Waals surface area contributed by atoms with Crippen LogP contribution in [0.15, 0.2) is 59.4 Å². The average Bonchev–Trinajstić information content (AvgIpc) is 3.26. The predicted molar refractivity (Wildman–Crippen MR) is 94.3 cm³/mol. The van der Waals surface area contributed by atoms with Gasteiger partial charge in [0.15, 0.2) is 5.13 Å². The first-order valence-electron chi connectivity index (χ1n) is 7.33. The molecule has 1 amide bonds. The summed E-state index contributed by atoms with van der Waals surface area (Å²) in [5.41, 5.74) is 1.16. The first-order valence-corrected chi connectivity index (χ1v) is 8.15. The molecule has 1 N–H and O–H groups in total. The molecule has 0 spiro atoms. The highest BCUT2D eigenvalue weighted by atomic mass is 32.1. The van der Waals surface area contributed by atoms with Gasteiger partial charge in [0.1, 0.15) is 11.5 Å². The Morgan fingerprint density at radius 1 is 1.33 bits per heavy atom. The molecule has 0 aliphatic heterocycles. The fraction of sp³-hybridized carbons (Fsp3) is 0.111. The van der Waals surface area contributed by atoms with E-state index in [2.05, 4.69) is 10.3 Å². The molecule has 5 nitrogen and oxygen atoms in total. The van der Waals surface area contributed by atoms with E-state index in [0.29, 0.717) is 10.9 Å². The van der Waals surface area contributed by atoms with Crippen molar-refractivity contribution in [2.24, 2.45) is 0 Å². The van der Waals surface area contributed by atoms with Crippen molar-refractivity contribution in [1.82, 2.24) is 4.98 Å². The summed E-state index contributed by atoms with van der Waals surface area (Å²) in [4.78, 5) is 17.2. The molecule has 122 valence electrons. The molecular weight excluding hydrogens is 324 g/mol. The number of carbonyl (C=O) groups excluding carboxylic acids is 1. The number of carbonyl (C=O) groups is 1. The fourth-order valence-electron chi connectivity index (χ4n) is 2.08. The highest BCUT2D eigenvalue weighted by molar-refractivity contribution is 7.15. The van der Waals surface area contributed by atoms with Crippen LogP contribution in [-0.4, -0.2) is 18.0 Å². The van der Waals surface area contributed by atoms with Crippen LogP contribution in [-0.2, 0) is 11.2 Å². The number of nitrogens with zero attached hydrogens (tertiary/aromatic N) is 1. The van der Waals surface area contributed by atoms with Gasteiger partial charge in [0.05, 0.1) is 13.4 Å². The van der Waals surface area contributed by atoms with Gasteiger partial charge in [0, 0.05) is 23.6 Å². The van der Waals surface area contributed by atoms with E-state index in [9.17, 15) is 4.79 Å². The molecule has 0 aliphatic carbocycles. The number of anilines is 1. The van der Waals surface area contributed by atoms with Gasteiger partial charge in [-0.3, -0.25) is 10.1 Å². The Balaban J connectivity index is 1.57. The van der Waals surface area contributed by atoms with Gasteiger partial charge < -0.3 is 9.15 Å². The van der Waals surface area contributed by atoms with Crippen LogP contribution < -0.4 is 10.1 Å². The van der Waals surface area contributed by atoms with Crippen molar-refractivity contribution in [2.75, 3.05) is 12.4 Å². The third-order valence-electron chi connectivity index (χ3n) is 3.26. The Morgan fingerprint density at radius 3 is 2.88 bits per heavy atom. The predicted octanol–water partition coefficient (Wildman–Crippen LogP) is 3.99. The Kier molecular flexibility index (Phi) is 5.08. The number of amides is 1. The number of methoxy groups -OCH3 is 1. The summed E-state index contributed by atoms with van der Waals surface area (Å²) < 4.78 is 10.3. The van der Waals surface area contributed by atoms with Crippen molar-refractivity contribution >= 4 is 28.5 Å². The lowest BCUT2D eigenvalue weighted by atomic mass is 10.1. The van der Waals surface area contributed by atoms with Gasteiger partial charge in [-0.25, -0.2) is 4.98 Å². The second-order valence-electron chi connectivity index (χ2n) is 4.99. The molecule has 0 radical (unpaired) electrons. The maximum Gasteiger partial charge on any atom is 0.250 e. The van der Waals surface area contributed by atoms with Gasteiger partial charge in [-0.15, -0.1) is 11.3 Å². The van der Waals surface area contributed by atoms with Gasteiger partial charge >= 0.3 is 0 Å². The van der Waals surface area contributed by atoms with Crippen LogP contribution >= 0.6 is 11.3 Å². The van der Waals surface area contributed by atoms with Gasteiger partial charge in [-0.2, -0.15) is 0 Å². The maximum atomic E-state index is 11.9. The molecule has 0 unspecified atom stereocenters. The second kappa shape index (κ2) is 7.61. The molecule has 6 heteroatoms. The zero-order chi connectivity index (χ0) is 16.8. The van der Waals surface area contributed by atoms with Gasteiger partial charge in [0.25, 0.3) is 0 Å². The van der Waals surface area contributed by atoms with E-state index >= 15 is 0 Å². The number of rotatable bonds is 6. The molecule has 0 fully saturated rings. The van der Waals surface area contributed by atoms with Crippen molar-refractivity contribution in [2.45, 2.75) is 6.42 Å². The molecule has 1 aromatic carbocycles. The lowest BCUT2D eigenvalue weighted by Crippen LogP contribution is -2.06. The minimum atomic E-state index is -0.239. The third-order valence-corrected chi connectivity index (χ3v) is 4.18. The number of furan rings is 1. The lowest BCUT2D eigenvalue weighted by Gasteiger charge is -2.01. The van der Waals surface area contributed by atoms with E-state index in [1.54, 1.807) is 37.8 Å². The topological polar surface area (TPSA) is 64.4 Å². The number of nitrogens with one attached hydrogen (secondary N) is 1. The summed E-state index contributed by atoms with van der Waals surface area (Å²) in [5, 5.41) is 3.33. The molecule has 3 rings (SSSR count). The fourth-order valence-corrected chi connectivity index (χ4v) is 2.93. The molecule has 0 bridgehead atoms. The summed E-state index contributed by atoms with van der Waals surface area (Å²) in [6.45, 7) is 0. The number of benzene rings is 1. The summed E-state index contributed by atoms with van der Waals surface area (Å²) in [5.74, 6) is 1.22. The molecule has 2 heterocycles. The van der Waals surface area contributed by atoms with E-state index in [1.165, 1.54) is 17.4 Å². The minimum Gasteiger partial charge on any atom is -0.497 e. The number of ether oxygens (including phenoxy) is 1. The highest BCUT2D eigenvalue weighted by Crippen LogP contribution is 2.22. The highest BCUT2D eigenvalue weighted by Gasteiger charge is 2.06. The molecule has 24 heavy (non-hydrogen) atoms. The third kappa shape index (κ3) is 4.33. The van der Waals surface area contributed by atoms with E-state index in [-0.39, 0.29) is 5.91 Å². The van der Waals surface area contributed by atoms with Crippen LogP contribution in [0.4, 0.5) is 5.13 Å². The Morgan fingerprint density at radius 2 is 2.17 bits per heavy atom. The molecule has 3 aromatic rings. The normalized spacial score (nSPS) is 10.9. The van der Waals surface area contributed by atoms with Crippen molar-refractivity contribution in [3.63, 3.8) is 0 Å². The van der Waals surface area contributed by atoms with Crippen LogP contribution in [0.3, 0.4) is 0 Å². The number of aromatic nitrogens is 1. The van der Waals surface area contributed by atoms with Crippen LogP contribution in [0.5, 0.6) is 5.75 Å². The largest absolute Gasteiger partial charge is 0.497 e. The van der Waals surface area contributed by atoms with Gasteiger partial charge in [-0.05, 0) is 35.9 Å². The average molecular weight is 340 g/mol. The maximum absolute atomic E-state index is 11.9. The summed E-state index contributed by atoms with van der Waals surface area (Å²) in [6.07, 6.45) is 7.13. The van der Waals surface area contributed by atoms with Crippen molar-refractivity contribution < 1.29 is 13.9 Å². The van der Waals surface area contributed by atoms with Crippen LogP contribution in [0.2, 0.25) is 0 Å². The smallest absolute Gasteiger partial charge is 0.250 e. The minimum absolute atomic E-state index is 0.239. The standard InChI is InChI=1S/C18H16N2O3S/c1-22-14-6-4-13(5-7-14)11-16-12-19-18(24-16)20-17(21)9-8-15-3-2-10-23-15/h2-10,12H,11H2,1H3,(H,19,20,21)/b9-8+. The number of hydrogen-bond donors (Lipinski definition) is 1. The SMILES string of the molecule is COc1ccc(Cc2cnc(NC(=O)/C=C/c3ccco3)s2)cc1. The van der Waals surface area contributed by atoms with E-state index in [0.717, 1.165) is 22.6 Å². The molecule has 0 atom stereocenters. The second-order valence-corrected chi connectivity index (χ2v) is 6.11. The van der Waals surface area contributed by atoms with Crippen LogP contribution in [0.25, 0.3) is 6.08 Å². The molecular formula is C18H16N2O3S. The van der Waals surface area contributed by atoms with E-state index < -0.39 is 0 Å².